The Morgan fingerprint density at radius 1 is 1.30 bits per heavy atom. The number of amides is 1. The van der Waals surface area contributed by atoms with Crippen molar-refractivity contribution in [1.29, 1.82) is 0 Å². The first-order valence-electron chi connectivity index (χ1n) is 9.82. The molecule has 1 saturated heterocycles. The lowest BCUT2D eigenvalue weighted by Gasteiger charge is -2.42. The second-order valence-electron chi connectivity index (χ2n) is 8.68. The molecule has 27 heavy (non-hydrogen) atoms. The number of rotatable bonds is 3. The summed E-state index contributed by atoms with van der Waals surface area (Å²) in [7, 11) is 0. The van der Waals surface area contributed by atoms with Gasteiger partial charge in [0.05, 0.1) is 18.4 Å². The SMILES string of the molecule is CC1Cc2ccccc2N1Cc1occc1C(=O)N1CCC(N)C(C)(C)C1. The van der Waals surface area contributed by atoms with Crippen molar-refractivity contribution in [3.63, 3.8) is 0 Å². The fourth-order valence-corrected chi connectivity index (χ4v) is 4.40. The van der Waals surface area contributed by atoms with E-state index in [1.165, 1.54) is 11.3 Å². The molecule has 0 spiro atoms. The van der Waals surface area contributed by atoms with Gasteiger partial charge in [0, 0.05) is 30.9 Å². The van der Waals surface area contributed by atoms with Crippen LogP contribution in [-0.2, 0) is 13.0 Å². The average Bonchev–Trinajstić information content (AvgIpc) is 3.22. The number of carbonyl (C=O) groups excluding carboxylic acids is 1. The maximum Gasteiger partial charge on any atom is 0.257 e. The Hall–Kier alpha value is -2.27. The lowest BCUT2D eigenvalue weighted by atomic mass is 9.79. The number of nitrogens with two attached hydrogens (primary N) is 1. The van der Waals surface area contributed by atoms with E-state index in [0.717, 1.165) is 18.6 Å². The molecule has 2 aromatic rings. The van der Waals surface area contributed by atoms with E-state index in [0.29, 0.717) is 31.2 Å². The van der Waals surface area contributed by atoms with Gasteiger partial charge in [-0.1, -0.05) is 32.0 Å². The third kappa shape index (κ3) is 3.25. The summed E-state index contributed by atoms with van der Waals surface area (Å²) in [6.07, 6.45) is 3.50. The zero-order chi connectivity index (χ0) is 19.2. The predicted molar refractivity (Wildman–Crippen MR) is 107 cm³/mol. The van der Waals surface area contributed by atoms with Gasteiger partial charge in [-0.25, -0.2) is 0 Å². The third-order valence-corrected chi connectivity index (χ3v) is 6.24. The lowest BCUT2D eigenvalue weighted by Crippen LogP contribution is -2.54. The number of anilines is 1. The zero-order valence-corrected chi connectivity index (χ0v) is 16.4. The van der Waals surface area contributed by atoms with Gasteiger partial charge in [0.2, 0.25) is 0 Å². The molecule has 0 radical (unpaired) electrons. The standard InChI is InChI=1S/C22H29N3O2/c1-15-12-16-6-4-5-7-18(16)25(15)13-19-17(9-11-27-19)21(26)24-10-8-20(23)22(2,3)14-24/h4-7,9,11,15,20H,8,10,12-14,23H2,1-3H3. The molecule has 2 N–H and O–H groups in total. The molecule has 4 rings (SSSR count). The summed E-state index contributed by atoms with van der Waals surface area (Å²) in [6, 6.07) is 10.8. The molecule has 0 saturated carbocycles. The van der Waals surface area contributed by atoms with Gasteiger partial charge in [-0.05, 0) is 42.9 Å². The van der Waals surface area contributed by atoms with Crippen LogP contribution in [0.15, 0.2) is 41.0 Å². The minimum Gasteiger partial charge on any atom is -0.467 e. The first kappa shape index (κ1) is 18.1. The van der Waals surface area contributed by atoms with Crippen LogP contribution in [-0.4, -0.2) is 36.0 Å². The molecule has 1 fully saturated rings. The maximum atomic E-state index is 13.2. The van der Waals surface area contributed by atoms with E-state index in [1.807, 2.05) is 11.0 Å². The number of para-hydroxylation sites is 1. The molecule has 144 valence electrons. The van der Waals surface area contributed by atoms with Crippen LogP contribution in [0.2, 0.25) is 0 Å². The van der Waals surface area contributed by atoms with Gasteiger partial charge < -0.3 is 20.0 Å². The Morgan fingerprint density at radius 3 is 2.85 bits per heavy atom. The van der Waals surface area contributed by atoms with Crippen LogP contribution in [0.5, 0.6) is 0 Å². The summed E-state index contributed by atoms with van der Waals surface area (Å²) in [4.78, 5) is 17.4. The second kappa shape index (κ2) is 6.71. The molecule has 1 aromatic heterocycles. The number of nitrogens with zero attached hydrogens (tertiary/aromatic N) is 2. The molecule has 0 aliphatic carbocycles. The van der Waals surface area contributed by atoms with Crippen molar-refractivity contribution in [1.82, 2.24) is 4.90 Å². The summed E-state index contributed by atoms with van der Waals surface area (Å²) >= 11 is 0. The molecular weight excluding hydrogens is 338 g/mol. The molecule has 0 bridgehead atoms. The highest BCUT2D eigenvalue weighted by atomic mass is 16.3. The van der Waals surface area contributed by atoms with Crippen molar-refractivity contribution in [2.24, 2.45) is 11.1 Å². The summed E-state index contributed by atoms with van der Waals surface area (Å²) in [5, 5.41) is 0. The molecule has 1 amide bonds. The van der Waals surface area contributed by atoms with E-state index in [1.54, 1.807) is 6.26 Å². The number of hydrogen-bond donors (Lipinski definition) is 1. The molecule has 2 unspecified atom stereocenters. The average molecular weight is 367 g/mol. The zero-order valence-electron chi connectivity index (χ0n) is 16.4. The number of likely N-dealkylation sites (tertiary alicyclic amines) is 1. The van der Waals surface area contributed by atoms with Crippen LogP contribution in [0.4, 0.5) is 5.69 Å². The molecular formula is C22H29N3O2. The first-order chi connectivity index (χ1) is 12.9. The number of carbonyl (C=O) groups is 1. The van der Waals surface area contributed by atoms with Gasteiger partial charge in [0.25, 0.3) is 5.91 Å². The van der Waals surface area contributed by atoms with Gasteiger partial charge in [0.1, 0.15) is 5.76 Å². The molecule has 5 heteroatoms. The fraction of sp³-hybridized carbons (Fsp3) is 0.500. The van der Waals surface area contributed by atoms with E-state index < -0.39 is 0 Å². The normalized spacial score (nSPS) is 24.1. The van der Waals surface area contributed by atoms with Crippen LogP contribution in [0.1, 0.15) is 48.9 Å². The number of hydrogen-bond acceptors (Lipinski definition) is 4. The molecule has 5 nitrogen and oxygen atoms in total. The van der Waals surface area contributed by atoms with Crippen molar-refractivity contribution in [3.05, 3.63) is 53.5 Å². The smallest absolute Gasteiger partial charge is 0.257 e. The van der Waals surface area contributed by atoms with Crippen LogP contribution < -0.4 is 10.6 Å². The van der Waals surface area contributed by atoms with E-state index in [9.17, 15) is 4.79 Å². The van der Waals surface area contributed by atoms with Crippen molar-refractivity contribution < 1.29 is 9.21 Å². The van der Waals surface area contributed by atoms with Crippen LogP contribution in [0.25, 0.3) is 0 Å². The molecule has 2 aliphatic heterocycles. The maximum absolute atomic E-state index is 13.2. The quantitative estimate of drug-likeness (QED) is 0.903. The van der Waals surface area contributed by atoms with Crippen molar-refractivity contribution in [3.8, 4) is 0 Å². The van der Waals surface area contributed by atoms with Gasteiger partial charge in [-0.15, -0.1) is 0 Å². The number of fused-ring (bicyclic) bond motifs is 1. The predicted octanol–water partition coefficient (Wildman–Crippen LogP) is 3.43. The molecule has 3 heterocycles. The summed E-state index contributed by atoms with van der Waals surface area (Å²) in [6.45, 7) is 8.49. The largest absolute Gasteiger partial charge is 0.467 e. The second-order valence-corrected chi connectivity index (χ2v) is 8.68. The first-order valence-corrected chi connectivity index (χ1v) is 9.82. The van der Waals surface area contributed by atoms with Gasteiger partial charge in [-0.2, -0.15) is 0 Å². The Labute approximate surface area is 161 Å². The molecule has 1 aromatic carbocycles. The Kier molecular flexibility index (Phi) is 4.50. The van der Waals surface area contributed by atoms with E-state index in [-0.39, 0.29) is 17.4 Å². The highest BCUT2D eigenvalue weighted by Gasteiger charge is 2.37. The van der Waals surface area contributed by atoms with Crippen molar-refractivity contribution in [2.75, 3.05) is 18.0 Å². The summed E-state index contributed by atoms with van der Waals surface area (Å²) in [5.41, 5.74) is 9.44. The number of furan rings is 1. The van der Waals surface area contributed by atoms with Crippen molar-refractivity contribution in [2.45, 2.75) is 52.2 Å². The van der Waals surface area contributed by atoms with E-state index >= 15 is 0 Å². The van der Waals surface area contributed by atoms with Crippen LogP contribution >= 0.6 is 0 Å². The minimum absolute atomic E-state index is 0.0545. The Balaban J connectivity index is 1.54. The monoisotopic (exact) mass is 367 g/mol. The third-order valence-electron chi connectivity index (χ3n) is 6.24. The Bertz CT molecular complexity index is 842. The Morgan fingerprint density at radius 2 is 2.07 bits per heavy atom. The molecule has 2 aliphatic rings. The highest BCUT2D eigenvalue weighted by molar-refractivity contribution is 5.95. The fourth-order valence-electron chi connectivity index (χ4n) is 4.40. The van der Waals surface area contributed by atoms with Gasteiger partial charge in [-0.3, -0.25) is 4.79 Å². The van der Waals surface area contributed by atoms with Gasteiger partial charge >= 0.3 is 0 Å². The van der Waals surface area contributed by atoms with Crippen LogP contribution in [0, 0.1) is 5.41 Å². The number of benzene rings is 1. The van der Waals surface area contributed by atoms with Crippen molar-refractivity contribution >= 4 is 11.6 Å². The lowest BCUT2D eigenvalue weighted by molar-refractivity contribution is 0.0531. The molecule has 2 atom stereocenters. The highest BCUT2D eigenvalue weighted by Crippen LogP contribution is 2.34. The minimum atomic E-state index is -0.0692. The topological polar surface area (TPSA) is 62.7 Å². The van der Waals surface area contributed by atoms with Crippen LogP contribution in [0.3, 0.4) is 0 Å². The summed E-state index contributed by atoms with van der Waals surface area (Å²) < 4.78 is 5.76. The van der Waals surface area contributed by atoms with E-state index in [2.05, 4.69) is 49.9 Å². The number of piperidine rings is 1. The van der Waals surface area contributed by atoms with Gasteiger partial charge in [0.15, 0.2) is 0 Å². The summed E-state index contributed by atoms with van der Waals surface area (Å²) in [5.74, 6) is 0.801. The van der Waals surface area contributed by atoms with E-state index in [4.69, 9.17) is 10.2 Å².